The maximum absolute atomic E-state index is 12.0. The van der Waals surface area contributed by atoms with Crippen molar-refractivity contribution in [3.05, 3.63) is 60.2 Å². The molecule has 142 valence electrons. The van der Waals surface area contributed by atoms with E-state index in [1.807, 2.05) is 42.5 Å². The van der Waals surface area contributed by atoms with E-state index in [0.29, 0.717) is 12.1 Å². The highest BCUT2D eigenvalue weighted by Crippen LogP contribution is 2.11. The Morgan fingerprint density at radius 2 is 1.69 bits per heavy atom. The molecule has 3 N–H and O–H groups in total. The lowest BCUT2D eigenvalue weighted by Gasteiger charge is -2.13. The molecule has 0 heterocycles. The van der Waals surface area contributed by atoms with Crippen molar-refractivity contribution >= 4 is 17.3 Å². The summed E-state index contributed by atoms with van der Waals surface area (Å²) in [4.78, 5) is 12.0. The Balaban J connectivity index is 0.00000338. The van der Waals surface area contributed by atoms with E-state index in [-0.39, 0.29) is 19.0 Å². The van der Waals surface area contributed by atoms with Crippen LogP contribution in [0.5, 0.6) is 0 Å². The summed E-state index contributed by atoms with van der Waals surface area (Å²) in [6, 6.07) is 16.7. The fraction of sp³-hybridized carbons (Fsp3) is 0.350. The maximum atomic E-state index is 12.0. The molecule has 0 saturated heterocycles. The number of aliphatic hydroxyl groups is 1. The lowest BCUT2D eigenvalue weighted by atomic mass is 10.2. The number of nitrogens with one attached hydrogen (secondary N) is 2. The fourth-order valence-electron chi connectivity index (χ4n) is 2.24. The molecule has 5 nitrogen and oxygen atoms in total. The van der Waals surface area contributed by atoms with Gasteiger partial charge in [0.1, 0.15) is 12.7 Å². The zero-order valence-corrected chi connectivity index (χ0v) is 15.7. The van der Waals surface area contributed by atoms with E-state index in [9.17, 15) is 9.90 Å². The van der Waals surface area contributed by atoms with Gasteiger partial charge in [-0.2, -0.15) is 0 Å². The summed E-state index contributed by atoms with van der Waals surface area (Å²) in [5.74, 6) is -0.432. The van der Waals surface area contributed by atoms with Gasteiger partial charge in [0, 0.05) is 24.5 Å². The van der Waals surface area contributed by atoms with Crippen LogP contribution < -0.4 is 23.0 Å². The average molecular weight is 378 g/mol. The van der Waals surface area contributed by atoms with Crippen molar-refractivity contribution in [2.45, 2.75) is 25.9 Å². The number of carbonyl (C=O) groups is 1. The Labute approximate surface area is 161 Å². The van der Waals surface area contributed by atoms with Gasteiger partial charge in [0.2, 0.25) is 0 Å². The molecule has 0 saturated carbocycles. The van der Waals surface area contributed by atoms with Gasteiger partial charge in [-0.1, -0.05) is 31.5 Å². The van der Waals surface area contributed by atoms with Crippen molar-refractivity contribution in [2.24, 2.45) is 0 Å². The van der Waals surface area contributed by atoms with Crippen LogP contribution in [0.1, 0.15) is 30.1 Å². The molecule has 0 aromatic heterocycles. The van der Waals surface area contributed by atoms with E-state index in [2.05, 4.69) is 17.6 Å². The van der Waals surface area contributed by atoms with E-state index < -0.39 is 12.1 Å². The van der Waals surface area contributed by atoms with Gasteiger partial charge >= 0.3 is 5.97 Å². The number of hydrogen-bond acceptors (Lipinski definition) is 5. The molecule has 0 amide bonds. The van der Waals surface area contributed by atoms with Crippen LogP contribution in [0.25, 0.3) is 0 Å². The monoisotopic (exact) mass is 377 g/mol. The molecule has 6 heteroatoms. The van der Waals surface area contributed by atoms with Crippen LogP contribution in [-0.4, -0.2) is 36.9 Å². The standard InChI is InChI=1S/C20H26N2O3.ClH/c1-2-3-13-21-18-11-9-16(10-12-18)20(24)25-15-19(23)14-22-17-7-5-4-6-8-17;/h4-12,19,21-23H,2-3,13-15H2,1H3;1H/p-1. The van der Waals surface area contributed by atoms with Crippen LogP contribution in [0.3, 0.4) is 0 Å². The molecule has 0 aliphatic carbocycles. The van der Waals surface area contributed by atoms with Crippen LogP contribution in [0.2, 0.25) is 0 Å². The number of unbranched alkanes of at least 4 members (excludes halogenated alkanes) is 1. The third-order valence-corrected chi connectivity index (χ3v) is 3.70. The molecule has 0 fully saturated rings. The summed E-state index contributed by atoms with van der Waals surface area (Å²) in [5, 5.41) is 16.3. The molecule has 1 unspecified atom stereocenters. The van der Waals surface area contributed by atoms with E-state index in [4.69, 9.17) is 4.74 Å². The summed E-state index contributed by atoms with van der Waals surface area (Å²) in [5.41, 5.74) is 2.38. The number of rotatable bonds is 10. The Morgan fingerprint density at radius 1 is 1.04 bits per heavy atom. The van der Waals surface area contributed by atoms with Gasteiger partial charge in [-0.15, -0.1) is 0 Å². The summed E-state index contributed by atoms with van der Waals surface area (Å²) in [6.07, 6.45) is 1.48. The number of para-hydroxylation sites is 1. The van der Waals surface area contributed by atoms with Crippen LogP contribution in [0, 0.1) is 0 Å². The van der Waals surface area contributed by atoms with Gasteiger partial charge in [-0.3, -0.25) is 0 Å². The van der Waals surface area contributed by atoms with Crippen molar-refractivity contribution in [3.63, 3.8) is 0 Å². The van der Waals surface area contributed by atoms with Gasteiger partial charge in [0.15, 0.2) is 0 Å². The number of esters is 1. The zero-order valence-electron chi connectivity index (χ0n) is 15.0. The molecule has 0 aliphatic rings. The predicted molar refractivity (Wildman–Crippen MR) is 101 cm³/mol. The van der Waals surface area contributed by atoms with E-state index >= 15 is 0 Å². The predicted octanol–water partition coefficient (Wildman–Crippen LogP) is 0.532. The number of halogens is 1. The molecule has 1 atom stereocenters. The Morgan fingerprint density at radius 3 is 2.35 bits per heavy atom. The number of benzene rings is 2. The second-order valence-electron chi connectivity index (χ2n) is 5.86. The lowest BCUT2D eigenvalue weighted by molar-refractivity contribution is -0.0000239. The van der Waals surface area contributed by atoms with E-state index in [0.717, 1.165) is 30.8 Å². The first-order valence-corrected chi connectivity index (χ1v) is 8.67. The van der Waals surface area contributed by atoms with Gasteiger partial charge in [-0.05, 0) is 42.8 Å². The minimum absolute atomic E-state index is 0. The SMILES string of the molecule is CCCCNc1ccc(C(=O)OCC(O)CNc2ccccc2)cc1.[Cl-]. The highest BCUT2D eigenvalue weighted by molar-refractivity contribution is 5.89. The summed E-state index contributed by atoms with van der Waals surface area (Å²) in [7, 11) is 0. The number of anilines is 2. The van der Waals surface area contributed by atoms with Gasteiger partial charge < -0.3 is 32.9 Å². The molecule has 2 aromatic rings. The van der Waals surface area contributed by atoms with Crippen LogP contribution in [-0.2, 0) is 4.74 Å². The Hall–Kier alpha value is -2.24. The molecule has 26 heavy (non-hydrogen) atoms. The van der Waals surface area contributed by atoms with Crippen molar-refractivity contribution in [1.82, 2.24) is 0 Å². The molecule has 2 aromatic carbocycles. The molecule has 0 aliphatic heterocycles. The normalized spacial score (nSPS) is 11.2. The van der Waals surface area contributed by atoms with Crippen LogP contribution in [0.4, 0.5) is 11.4 Å². The average Bonchev–Trinajstić information content (AvgIpc) is 2.66. The highest BCUT2D eigenvalue weighted by atomic mass is 35.5. The van der Waals surface area contributed by atoms with E-state index in [1.165, 1.54) is 0 Å². The zero-order chi connectivity index (χ0) is 17.9. The first kappa shape index (κ1) is 21.8. The van der Waals surface area contributed by atoms with Gasteiger partial charge in [0.25, 0.3) is 0 Å². The van der Waals surface area contributed by atoms with Gasteiger partial charge in [0.05, 0.1) is 5.56 Å². The van der Waals surface area contributed by atoms with Crippen LogP contribution in [0.15, 0.2) is 54.6 Å². The third-order valence-electron chi connectivity index (χ3n) is 3.70. The Bertz CT molecular complexity index is 635. The third kappa shape index (κ3) is 7.76. The number of hydrogen-bond donors (Lipinski definition) is 3. The maximum Gasteiger partial charge on any atom is 0.338 e. The first-order valence-electron chi connectivity index (χ1n) is 8.67. The summed E-state index contributed by atoms with van der Waals surface area (Å²) < 4.78 is 5.17. The molecule has 0 radical (unpaired) electrons. The second kappa shape index (κ2) is 12.2. The second-order valence-corrected chi connectivity index (χ2v) is 5.86. The van der Waals surface area contributed by atoms with Crippen LogP contribution >= 0.6 is 0 Å². The van der Waals surface area contributed by atoms with E-state index in [1.54, 1.807) is 12.1 Å². The summed E-state index contributed by atoms with van der Waals surface area (Å²) >= 11 is 0. The molecule has 0 spiro atoms. The number of ether oxygens (including phenoxy) is 1. The minimum atomic E-state index is -0.765. The largest absolute Gasteiger partial charge is 1.00 e. The van der Waals surface area contributed by atoms with Gasteiger partial charge in [-0.25, -0.2) is 4.79 Å². The molecular weight excluding hydrogens is 352 g/mol. The lowest BCUT2D eigenvalue weighted by Crippen LogP contribution is -3.00. The van der Waals surface area contributed by atoms with Crippen molar-refractivity contribution in [3.8, 4) is 0 Å². The minimum Gasteiger partial charge on any atom is -1.00 e. The molecule has 0 bridgehead atoms. The summed E-state index contributed by atoms with van der Waals surface area (Å²) in [6.45, 7) is 3.33. The number of aliphatic hydroxyl groups excluding tert-OH is 1. The number of carbonyl (C=O) groups excluding carboxylic acids is 1. The van der Waals surface area contributed by atoms with Crippen molar-refractivity contribution in [1.29, 1.82) is 0 Å². The van der Waals surface area contributed by atoms with Crippen molar-refractivity contribution < 1.29 is 27.0 Å². The Kier molecular flexibility index (Phi) is 10.2. The molecule has 2 rings (SSSR count). The van der Waals surface area contributed by atoms with Crippen molar-refractivity contribution in [2.75, 3.05) is 30.3 Å². The smallest absolute Gasteiger partial charge is 0.338 e. The molecular formula is C20H26ClN2O3-. The first-order chi connectivity index (χ1) is 12.2. The fourth-order valence-corrected chi connectivity index (χ4v) is 2.24. The topological polar surface area (TPSA) is 70.6 Å². The quantitative estimate of drug-likeness (QED) is 0.416. The highest BCUT2D eigenvalue weighted by Gasteiger charge is 2.11.